The van der Waals surface area contributed by atoms with E-state index in [-0.39, 0.29) is 10.8 Å². The molecule has 3 N–H and O–H groups in total. The van der Waals surface area contributed by atoms with Gasteiger partial charge in [-0.3, -0.25) is 0 Å². The minimum atomic E-state index is 0.0689. The summed E-state index contributed by atoms with van der Waals surface area (Å²) in [5.41, 5.74) is 6.14. The van der Waals surface area contributed by atoms with Crippen molar-refractivity contribution in [3.8, 4) is 17.2 Å². The standard InChI is InChI=1S/C11H14ClNO3/c12-8-6-9-11(16-5-4-15-9)7(10(8)14)2-1-3-13/h6,14H,1-5,13H2. The highest BCUT2D eigenvalue weighted by Crippen LogP contribution is 2.44. The van der Waals surface area contributed by atoms with E-state index in [2.05, 4.69) is 0 Å². The van der Waals surface area contributed by atoms with Crippen molar-refractivity contribution < 1.29 is 14.6 Å². The van der Waals surface area contributed by atoms with Crippen molar-refractivity contribution in [3.63, 3.8) is 0 Å². The van der Waals surface area contributed by atoms with Crippen LogP contribution in [0.4, 0.5) is 0 Å². The van der Waals surface area contributed by atoms with Crippen LogP contribution < -0.4 is 15.2 Å². The molecular weight excluding hydrogens is 230 g/mol. The number of aromatic hydroxyl groups is 1. The predicted molar refractivity (Wildman–Crippen MR) is 61.5 cm³/mol. The topological polar surface area (TPSA) is 64.7 Å². The smallest absolute Gasteiger partial charge is 0.168 e. The maximum atomic E-state index is 9.87. The third kappa shape index (κ3) is 2.03. The van der Waals surface area contributed by atoms with Crippen LogP contribution in [0.1, 0.15) is 12.0 Å². The quantitative estimate of drug-likeness (QED) is 0.848. The summed E-state index contributed by atoms with van der Waals surface area (Å²) in [6.07, 6.45) is 1.40. The third-order valence-corrected chi connectivity index (χ3v) is 2.77. The molecule has 0 amide bonds. The molecule has 0 bridgehead atoms. The number of fused-ring (bicyclic) bond motifs is 1. The Kier molecular flexibility index (Phi) is 3.41. The number of nitrogens with two attached hydrogens (primary N) is 1. The van der Waals surface area contributed by atoms with Gasteiger partial charge < -0.3 is 20.3 Å². The number of halogens is 1. The number of rotatable bonds is 3. The first-order valence-corrected chi connectivity index (χ1v) is 5.62. The fourth-order valence-electron chi connectivity index (χ4n) is 1.72. The minimum absolute atomic E-state index is 0.0689. The zero-order chi connectivity index (χ0) is 11.5. The van der Waals surface area contributed by atoms with Gasteiger partial charge in [0.25, 0.3) is 0 Å². The molecule has 1 heterocycles. The van der Waals surface area contributed by atoms with Gasteiger partial charge in [-0.2, -0.15) is 0 Å². The van der Waals surface area contributed by atoms with Crippen molar-refractivity contribution in [3.05, 3.63) is 16.7 Å². The largest absolute Gasteiger partial charge is 0.506 e. The molecule has 0 fully saturated rings. The van der Waals surface area contributed by atoms with Crippen LogP contribution in [-0.4, -0.2) is 24.9 Å². The van der Waals surface area contributed by atoms with Gasteiger partial charge in [0.2, 0.25) is 0 Å². The number of phenols is 1. The van der Waals surface area contributed by atoms with Crippen molar-refractivity contribution in [1.82, 2.24) is 0 Å². The van der Waals surface area contributed by atoms with E-state index in [9.17, 15) is 5.11 Å². The molecule has 0 radical (unpaired) electrons. The van der Waals surface area contributed by atoms with Crippen molar-refractivity contribution in [1.29, 1.82) is 0 Å². The van der Waals surface area contributed by atoms with Crippen LogP contribution in [0, 0.1) is 0 Å². The third-order valence-electron chi connectivity index (χ3n) is 2.49. The van der Waals surface area contributed by atoms with Crippen LogP contribution in [-0.2, 0) is 6.42 Å². The Morgan fingerprint density at radius 3 is 2.88 bits per heavy atom. The molecular formula is C11H14ClNO3. The molecule has 2 rings (SSSR count). The van der Waals surface area contributed by atoms with E-state index in [0.29, 0.717) is 43.2 Å². The van der Waals surface area contributed by atoms with Crippen LogP contribution in [0.5, 0.6) is 17.2 Å². The Balaban J connectivity index is 2.41. The summed E-state index contributed by atoms with van der Waals surface area (Å²) in [4.78, 5) is 0. The Hall–Kier alpha value is -1.13. The van der Waals surface area contributed by atoms with Gasteiger partial charge in [-0.05, 0) is 19.4 Å². The van der Waals surface area contributed by atoms with E-state index in [1.54, 1.807) is 6.07 Å². The van der Waals surface area contributed by atoms with Gasteiger partial charge in [-0.1, -0.05) is 11.6 Å². The monoisotopic (exact) mass is 243 g/mol. The first-order chi connectivity index (χ1) is 7.74. The van der Waals surface area contributed by atoms with E-state index >= 15 is 0 Å². The predicted octanol–water partition coefficient (Wildman–Crippen LogP) is 1.71. The summed E-state index contributed by atoms with van der Waals surface area (Å²) < 4.78 is 10.9. The maximum absolute atomic E-state index is 9.87. The molecule has 0 saturated heterocycles. The number of ether oxygens (including phenoxy) is 2. The van der Waals surface area contributed by atoms with E-state index in [0.717, 1.165) is 6.42 Å². The van der Waals surface area contributed by atoms with Gasteiger partial charge >= 0.3 is 0 Å². The highest BCUT2D eigenvalue weighted by Gasteiger charge is 2.21. The number of hydrogen-bond acceptors (Lipinski definition) is 4. The van der Waals surface area contributed by atoms with Gasteiger partial charge in [-0.15, -0.1) is 0 Å². The van der Waals surface area contributed by atoms with Crippen LogP contribution >= 0.6 is 11.6 Å². The number of hydrogen-bond donors (Lipinski definition) is 2. The summed E-state index contributed by atoms with van der Waals surface area (Å²) in [7, 11) is 0. The molecule has 0 atom stereocenters. The van der Waals surface area contributed by atoms with E-state index in [1.807, 2.05) is 0 Å². The van der Waals surface area contributed by atoms with Gasteiger partial charge in [0.1, 0.15) is 19.0 Å². The summed E-state index contributed by atoms with van der Waals surface area (Å²) >= 11 is 5.91. The maximum Gasteiger partial charge on any atom is 0.168 e. The molecule has 1 aromatic rings. The van der Waals surface area contributed by atoms with Crippen molar-refractivity contribution in [2.24, 2.45) is 5.73 Å². The van der Waals surface area contributed by atoms with Gasteiger partial charge in [0, 0.05) is 11.6 Å². The zero-order valence-electron chi connectivity index (χ0n) is 8.83. The van der Waals surface area contributed by atoms with Crippen molar-refractivity contribution >= 4 is 11.6 Å². The highest BCUT2D eigenvalue weighted by molar-refractivity contribution is 6.32. The van der Waals surface area contributed by atoms with Crippen LogP contribution in [0.3, 0.4) is 0 Å². The van der Waals surface area contributed by atoms with Gasteiger partial charge in [-0.25, -0.2) is 0 Å². The number of benzene rings is 1. The molecule has 1 aliphatic rings. The minimum Gasteiger partial charge on any atom is -0.506 e. The van der Waals surface area contributed by atoms with Crippen molar-refractivity contribution in [2.45, 2.75) is 12.8 Å². The van der Waals surface area contributed by atoms with Gasteiger partial charge in [0.15, 0.2) is 11.5 Å². The van der Waals surface area contributed by atoms with E-state index in [4.69, 9.17) is 26.8 Å². The Morgan fingerprint density at radius 1 is 1.38 bits per heavy atom. The van der Waals surface area contributed by atoms with E-state index in [1.165, 1.54) is 0 Å². The summed E-state index contributed by atoms with van der Waals surface area (Å²) in [6, 6.07) is 1.58. The Morgan fingerprint density at radius 2 is 2.12 bits per heavy atom. The van der Waals surface area contributed by atoms with Crippen molar-refractivity contribution in [2.75, 3.05) is 19.8 Å². The van der Waals surface area contributed by atoms with E-state index < -0.39 is 0 Å². The van der Waals surface area contributed by atoms with Gasteiger partial charge in [0.05, 0.1) is 5.02 Å². The average Bonchev–Trinajstić information content (AvgIpc) is 2.30. The Bertz CT molecular complexity index is 395. The molecule has 0 aromatic heterocycles. The molecule has 4 nitrogen and oxygen atoms in total. The molecule has 1 aromatic carbocycles. The molecule has 88 valence electrons. The first kappa shape index (κ1) is 11.4. The lowest BCUT2D eigenvalue weighted by Gasteiger charge is -2.22. The fraction of sp³-hybridized carbons (Fsp3) is 0.455. The molecule has 0 aliphatic carbocycles. The summed E-state index contributed by atoms with van der Waals surface area (Å²) in [5.74, 6) is 1.27. The highest BCUT2D eigenvalue weighted by atomic mass is 35.5. The Labute approximate surface area is 98.9 Å². The second-order valence-corrected chi connectivity index (χ2v) is 4.01. The summed E-state index contributed by atoms with van der Waals surface area (Å²) in [5, 5.41) is 10.2. The first-order valence-electron chi connectivity index (χ1n) is 5.24. The molecule has 0 unspecified atom stereocenters. The lowest BCUT2D eigenvalue weighted by atomic mass is 10.1. The van der Waals surface area contributed by atoms with Crippen LogP contribution in [0.2, 0.25) is 5.02 Å². The van der Waals surface area contributed by atoms with Crippen LogP contribution in [0.25, 0.3) is 0 Å². The normalized spacial score (nSPS) is 13.9. The SMILES string of the molecule is NCCCc1c(O)c(Cl)cc2c1OCCO2. The average molecular weight is 244 g/mol. The molecule has 0 saturated carbocycles. The van der Waals surface area contributed by atoms with Crippen LogP contribution in [0.15, 0.2) is 6.07 Å². The molecule has 16 heavy (non-hydrogen) atoms. The zero-order valence-corrected chi connectivity index (χ0v) is 9.59. The summed E-state index contributed by atoms with van der Waals surface area (Å²) in [6.45, 7) is 1.55. The molecule has 1 aliphatic heterocycles. The number of phenolic OH excluding ortho intramolecular Hbond substituents is 1. The molecule has 5 heteroatoms. The lowest BCUT2D eigenvalue weighted by Crippen LogP contribution is -2.17. The second kappa shape index (κ2) is 4.80. The lowest BCUT2D eigenvalue weighted by molar-refractivity contribution is 0.169. The fourth-order valence-corrected chi connectivity index (χ4v) is 1.93. The second-order valence-electron chi connectivity index (χ2n) is 3.60. The molecule has 0 spiro atoms.